The fourth-order valence-electron chi connectivity index (χ4n) is 2.45. The van der Waals surface area contributed by atoms with Crippen molar-refractivity contribution in [1.29, 1.82) is 0 Å². The third-order valence-corrected chi connectivity index (χ3v) is 4.45. The van der Waals surface area contributed by atoms with Crippen molar-refractivity contribution < 1.29 is 9.59 Å². The van der Waals surface area contributed by atoms with Crippen molar-refractivity contribution in [1.82, 2.24) is 5.32 Å². The number of thiophene rings is 1. The minimum absolute atomic E-state index is 0.0123. The SMILES string of the molecule is CC(C)NC(=O)Nc1ccccc1C(=O)Nc1ccc2sccc2c1. The van der Waals surface area contributed by atoms with E-state index in [0.29, 0.717) is 11.3 Å². The highest BCUT2D eigenvalue weighted by molar-refractivity contribution is 7.17. The van der Waals surface area contributed by atoms with Crippen LogP contribution in [0.3, 0.4) is 0 Å². The molecule has 5 nitrogen and oxygen atoms in total. The number of fused-ring (bicyclic) bond motifs is 1. The first kappa shape index (κ1) is 17.0. The Hall–Kier alpha value is -2.86. The average Bonchev–Trinajstić information content (AvgIpc) is 3.02. The van der Waals surface area contributed by atoms with Gasteiger partial charge in [0.1, 0.15) is 0 Å². The molecule has 1 aromatic heterocycles. The highest BCUT2D eigenvalue weighted by Gasteiger charge is 2.14. The van der Waals surface area contributed by atoms with Gasteiger partial charge in [0.25, 0.3) is 5.91 Å². The first-order valence-corrected chi connectivity index (χ1v) is 8.86. The first-order valence-electron chi connectivity index (χ1n) is 7.98. The minimum atomic E-state index is -0.338. The number of nitrogens with one attached hydrogen (secondary N) is 3. The Balaban J connectivity index is 1.78. The molecular formula is C19H19N3O2S. The molecule has 0 fully saturated rings. The molecule has 128 valence electrons. The standard InChI is InChI=1S/C19H19N3O2S/c1-12(2)20-19(24)22-16-6-4-3-5-15(16)18(23)21-14-7-8-17-13(11-14)9-10-25-17/h3-12H,1-2H3,(H,21,23)(H2,20,22,24). The van der Waals surface area contributed by atoms with E-state index in [1.165, 1.54) is 4.70 Å². The summed E-state index contributed by atoms with van der Waals surface area (Å²) in [5, 5.41) is 11.5. The topological polar surface area (TPSA) is 70.2 Å². The van der Waals surface area contributed by atoms with E-state index in [-0.39, 0.29) is 18.0 Å². The molecule has 0 aliphatic rings. The number of para-hydroxylation sites is 1. The molecule has 0 aliphatic carbocycles. The third kappa shape index (κ3) is 4.16. The van der Waals surface area contributed by atoms with Gasteiger partial charge in [-0.3, -0.25) is 4.79 Å². The van der Waals surface area contributed by atoms with Crippen molar-refractivity contribution in [3.8, 4) is 0 Å². The van der Waals surface area contributed by atoms with Gasteiger partial charge >= 0.3 is 6.03 Å². The van der Waals surface area contributed by atoms with E-state index in [9.17, 15) is 9.59 Å². The summed E-state index contributed by atoms with van der Waals surface area (Å²) in [6.45, 7) is 3.75. The van der Waals surface area contributed by atoms with E-state index < -0.39 is 0 Å². The second-order valence-electron chi connectivity index (χ2n) is 5.93. The maximum atomic E-state index is 12.6. The Morgan fingerprint density at radius 1 is 1.00 bits per heavy atom. The summed E-state index contributed by atoms with van der Waals surface area (Å²) < 4.78 is 1.17. The van der Waals surface area contributed by atoms with Crippen molar-refractivity contribution >= 4 is 44.7 Å². The number of hydrogen-bond donors (Lipinski definition) is 3. The number of benzene rings is 2. The lowest BCUT2D eigenvalue weighted by atomic mass is 10.1. The first-order chi connectivity index (χ1) is 12.0. The summed E-state index contributed by atoms with van der Waals surface area (Å²) in [7, 11) is 0. The molecule has 3 aromatic rings. The van der Waals surface area contributed by atoms with Gasteiger partial charge in [-0.25, -0.2) is 4.79 Å². The van der Waals surface area contributed by atoms with Crippen LogP contribution in [0.15, 0.2) is 53.9 Å². The van der Waals surface area contributed by atoms with Gasteiger partial charge in [-0.05, 0) is 61.0 Å². The van der Waals surface area contributed by atoms with Gasteiger partial charge in [-0.1, -0.05) is 12.1 Å². The molecule has 25 heavy (non-hydrogen) atoms. The van der Waals surface area contributed by atoms with Crippen LogP contribution in [0, 0.1) is 0 Å². The lowest BCUT2D eigenvalue weighted by Gasteiger charge is -2.13. The zero-order chi connectivity index (χ0) is 17.8. The van der Waals surface area contributed by atoms with Crippen molar-refractivity contribution in [3.63, 3.8) is 0 Å². The number of carbonyl (C=O) groups is 2. The molecule has 0 saturated heterocycles. The number of urea groups is 1. The van der Waals surface area contributed by atoms with Crippen LogP contribution in [-0.2, 0) is 0 Å². The highest BCUT2D eigenvalue weighted by atomic mass is 32.1. The maximum absolute atomic E-state index is 12.6. The fraction of sp³-hybridized carbons (Fsp3) is 0.158. The van der Waals surface area contributed by atoms with Crippen LogP contribution in [0.5, 0.6) is 0 Å². The highest BCUT2D eigenvalue weighted by Crippen LogP contribution is 2.25. The molecule has 0 radical (unpaired) electrons. The molecule has 0 unspecified atom stereocenters. The summed E-state index contributed by atoms with van der Waals surface area (Å²) in [6, 6.07) is 14.4. The van der Waals surface area contributed by atoms with E-state index in [1.807, 2.05) is 43.5 Å². The molecule has 3 rings (SSSR count). The summed E-state index contributed by atoms with van der Waals surface area (Å²) in [5.41, 5.74) is 1.60. The number of carbonyl (C=O) groups excluding carboxylic acids is 2. The minimum Gasteiger partial charge on any atom is -0.336 e. The summed E-state index contributed by atoms with van der Waals surface area (Å²) >= 11 is 1.66. The fourth-order valence-corrected chi connectivity index (χ4v) is 3.22. The number of amides is 3. The Kier molecular flexibility index (Phi) is 5.00. The second kappa shape index (κ2) is 7.36. The maximum Gasteiger partial charge on any atom is 0.319 e. The van der Waals surface area contributed by atoms with Crippen LogP contribution in [0.4, 0.5) is 16.2 Å². The monoisotopic (exact) mass is 353 g/mol. The third-order valence-electron chi connectivity index (χ3n) is 3.55. The van der Waals surface area contributed by atoms with Gasteiger partial charge in [0.2, 0.25) is 0 Å². The number of rotatable bonds is 4. The van der Waals surface area contributed by atoms with Gasteiger partial charge < -0.3 is 16.0 Å². The van der Waals surface area contributed by atoms with E-state index >= 15 is 0 Å². The van der Waals surface area contributed by atoms with E-state index in [4.69, 9.17) is 0 Å². The Morgan fingerprint density at radius 2 is 1.80 bits per heavy atom. The molecule has 3 N–H and O–H groups in total. The average molecular weight is 353 g/mol. The zero-order valence-electron chi connectivity index (χ0n) is 14.0. The number of anilines is 2. The molecule has 0 atom stereocenters. The molecule has 2 aromatic carbocycles. The van der Waals surface area contributed by atoms with Crippen LogP contribution in [0.2, 0.25) is 0 Å². The largest absolute Gasteiger partial charge is 0.336 e. The smallest absolute Gasteiger partial charge is 0.319 e. The summed E-state index contributed by atoms with van der Waals surface area (Å²) in [5.74, 6) is -0.268. The Bertz CT molecular complexity index is 918. The zero-order valence-corrected chi connectivity index (χ0v) is 14.8. The molecule has 0 saturated carbocycles. The van der Waals surface area contributed by atoms with Crippen LogP contribution >= 0.6 is 11.3 Å². The molecule has 0 aliphatic heterocycles. The van der Waals surface area contributed by atoms with Crippen molar-refractivity contribution in [2.24, 2.45) is 0 Å². The van der Waals surface area contributed by atoms with Crippen molar-refractivity contribution in [3.05, 3.63) is 59.5 Å². The van der Waals surface area contributed by atoms with Gasteiger partial charge in [-0.2, -0.15) is 0 Å². The predicted molar refractivity (Wildman–Crippen MR) is 104 cm³/mol. The molecular weight excluding hydrogens is 334 g/mol. The van der Waals surface area contributed by atoms with Gasteiger partial charge in [0, 0.05) is 16.4 Å². The quantitative estimate of drug-likeness (QED) is 0.637. The molecule has 3 amide bonds. The van der Waals surface area contributed by atoms with E-state index in [2.05, 4.69) is 16.0 Å². The van der Waals surface area contributed by atoms with Gasteiger partial charge in [0.05, 0.1) is 11.3 Å². The van der Waals surface area contributed by atoms with Crippen LogP contribution < -0.4 is 16.0 Å². The van der Waals surface area contributed by atoms with Gasteiger partial charge in [0.15, 0.2) is 0 Å². The summed E-state index contributed by atoms with van der Waals surface area (Å²) in [4.78, 5) is 24.6. The lowest BCUT2D eigenvalue weighted by molar-refractivity contribution is 0.102. The van der Waals surface area contributed by atoms with Crippen LogP contribution in [-0.4, -0.2) is 18.0 Å². The molecule has 0 bridgehead atoms. The Morgan fingerprint density at radius 3 is 2.60 bits per heavy atom. The molecule has 6 heteroatoms. The lowest BCUT2D eigenvalue weighted by Crippen LogP contribution is -2.34. The van der Waals surface area contributed by atoms with Crippen LogP contribution in [0.25, 0.3) is 10.1 Å². The van der Waals surface area contributed by atoms with Gasteiger partial charge in [-0.15, -0.1) is 11.3 Å². The summed E-state index contributed by atoms with van der Waals surface area (Å²) in [6.07, 6.45) is 0. The Labute approximate surface area is 150 Å². The number of hydrogen-bond acceptors (Lipinski definition) is 3. The second-order valence-corrected chi connectivity index (χ2v) is 6.87. The molecule has 0 spiro atoms. The van der Waals surface area contributed by atoms with E-state index in [0.717, 1.165) is 11.1 Å². The van der Waals surface area contributed by atoms with Crippen LogP contribution in [0.1, 0.15) is 24.2 Å². The van der Waals surface area contributed by atoms with E-state index in [1.54, 1.807) is 35.6 Å². The normalized spacial score (nSPS) is 10.7. The molecule has 1 heterocycles. The van der Waals surface area contributed by atoms with Crippen molar-refractivity contribution in [2.75, 3.05) is 10.6 Å². The predicted octanol–water partition coefficient (Wildman–Crippen LogP) is 4.68. The van der Waals surface area contributed by atoms with Crippen molar-refractivity contribution in [2.45, 2.75) is 19.9 Å².